The number of amides is 2. The minimum Gasteiger partial charge on any atom is -0.493 e. The molecule has 1 atom stereocenters. The Morgan fingerprint density at radius 2 is 1.86 bits per heavy atom. The number of para-hydroxylation sites is 1. The zero-order valence-corrected chi connectivity index (χ0v) is 19.3. The molecule has 1 aliphatic rings. The average Bonchev–Trinajstić information content (AvgIpc) is 3.01. The normalized spacial score (nSPS) is 16.2. The van der Waals surface area contributed by atoms with Gasteiger partial charge >= 0.3 is 0 Å². The van der Waals surface area contributed by atoms with Crippen molar-refractivity contribution in [2.24, 2.45) is 0 Å². The summed E-state index contributed by atoms with van der Waals surface area (Å²) in [6, 6.07) is 10.7. The number of hydrazine groups is 1. The molecule has 0 aromatic heterocycles. The summed E-state index contributed by atoms with van der Waals surface area (Å²) in [6.45, 7) is 4.00. The first-order valence-corrected chi connectivity index (χ1v) is 10.6. The Bertz CT molecular complexity index is 976. The second-order valence-electron chi connectivity index (χ2n) is 6.44. The highest BCUT2D eigenvalue weighted by atomic mass is 79.9. The maximum absolute atomic E-state index is 12.8. The lowest BCUT2D eigenvalue weighted by atomic mass is 10.1. The molecule has 2 aromatic rings. The Morgan fingerprint density at radius 3 is 2.48 bits per heavy atom. The third-order valence-corrected chi connectivity index (χ3v) is 6.62. The molecule has 1 saturated heterocycles. The first kappa shape index (κ1) is 21.4. The van der Waals surface area contributed by atoms with E-state index < -0.39 is 11.8 Å². The molecule has 152 valence electrons. The van der Waals surface area contributed by atoms with Gasteiger partial charge in [-0.1, -0.05) is 25.1 Å². The van der Waals surface area contributed by atoms with Gasteiger partial charge in [0.15, 0.2) is 11.5 Å². The van der Waals surface area contributed by atoms with Gasteiger partial charge in [-0.05, 0) is 75.0 Å². The molecule has 0 saturated carbocycles. The lowest BCUT2D eigenvalue weighted by Gasteiger charge is -2.19. The Labute approximate surface area is 186 Å². The fraction of sp³-hybridized carbons (Fsp3) is 0.238. The standard InChI is InChI=1S/C21H20Br2N2O4/c1-4-12(2)29-19-16(28-3)11-13(17(22)18(19)23)10-15-20(26)24-25(21(15)27)14-8-6-5-7-9-14/h5-12H,4H2,1-3H3,(H,24,26)/b15-10-/t12-/m1/s1. The van der Waals surface area contributed by atoms with Crippen LogP contribution in [0.4, 0.5) is 5.69 Å². The largest absolute Gasteiger partial charge is 0.493 e. The van der Waals surface area contributed by atoms with Gasteiger partial charge < -0.3 is 9.47 Å². The van der Waals surface area contributed by atoms with Crippen LogP contribution in [0.3, 0.4) is 0 Å². The van der Waals surface area contributed by atoms with Gasteiger partial charge in [0, 0.05) is 4.47 Å². The first-order chi connectivity index (χ1) is 13.9. The van der Waals surface area contributed by atoms with Gasteiger partial charge in [0.2, 0.25) is 0 Å². The Balaban J connectivity index is 2.00. The summed E-state index contributed by atoms with van der Waals surface area (Å²) >= 11 is 7.06. The molecule has 0 unspecified atom stereocenters. The zero-order chi connectivity index (χ0) is 21.1. The summed E-state index contributed by atoms with van der Waals surface area (Å²) in [7, 11) is 1.54. The number of anilines is 1. The van der Waals surface area contributed by atoms with Gasteiger partial charge in [-0.25, -0.2) is 5.01 Å². The molecular weight excluding hydrogens is 504 g/mol. The van der Waals surface area contributed by atoms with Crippen LogP contribution in [0, 0.1) is 0 Å². The monoisotopic (exact) mass is 522 g/mol. The Morgan fingerprint density at radius 1 is 1.17 bits per heavy atom. The van der Waals surface area contributed by atoms with E-state index in [9.17, 15) is 9.59 Å². The van der Waals surface area contributed by atoms with Crippen LogP contribution in [-0.2, 0) is 9.59 Å². The summed E-state index contributed by atoms with van der Waals surface area (Å²) in [5.74, 6) is 0.158. The van der Waals surface area contributed by atoms with E-state index in [-0.39, 0.29) is 11.7 Å². The molecule has 2 amide bonds. The van der Waals surface area contributed by atoms with Gasteiger partial charge in [0.05, 0.1) is 23.4 Å². The topological polar surface area (TPSA) is 67.9 Å². The maximum Gasteiger partial charge on any atom is 0.282 e. The first-order valence-electron chi connectivity index (χ1n) is 9.02. The molecule has 2 aromatic carbocycles. The minimum absolute atomic E-state index is 0.00192. The highest BCUT2D eigenvalue weighted by Gasteiger charge is 2.34. The van der Waals surface area contributed by atoms with Crippen molar-refractivity contribution in [1.29, 1.82) is 0 Å². The summed E-state index contributed by atoms with van der Waals surface area (Å²) in [5, 5.41) is 1.23. The summed E-state index contributed by atoms with van der Waals surface area (Å²) in [5.41, 5.74) is 3.82. The van der Waals surface area contributed by atoms with Crippen LogP contribution in [0.15, 0.2) is 50.9 Å². The van der Waals surface area contributed by atoms with E-state index in [0.29, 0.717) is 31.7 Å². The Kier molecular flexibility index (Phi) is 6.64. The van der Waals surface area contributed by atoms with Crippen molar-refractivity contribution >= 4 is 55.4 Å². The number of carbonyl (C=O) groups excluding carboxylic acids is 2. The van der Waals surface area contributed by atoms with Crippen molar-refractivity contribution in [3.63, 3.8) is 0 Å². The summed E-state index contributed by atoms with van der Waals surface area (Å²) in [4.78, 5) is 25.3. The van der Waals surface area contributed by atoms with Crippen LogP contribution in [0.5, 0.6) is 11.5 Å². The van der Waals surface area contributed by atoms with E-state index in [2.05, 4.69) is 37.3 Å². The molecule has 3 rings (SSSR count). The quantitative estimate of drug-likeness (QED) is 0.433. The molecule has 8 heteroatoms. The lowest BCUT2D eigenvalue weighted by Crippen LogP contribution is -2.35. The van der Waals surface area contributed by atoms with Crippen LogP contribution in [-0.4, -0.2) is 25.0 Å². The van der Waals surface area contributed by atoms with Gasteiger partial charge in [-0.15, -0.1) is 0 Å². The average molecular weight is 524 g/mol. The molecule has 0 radical (unpaired) electrons. The molecule has 0 aliphatic carbocycles. The van der Waals surface area contributed by atoms with E-state index in [1.54, 1.807) is 37.4 Å². The molecular formula is C21H20Br2N2O4. The predicted octanol–water partition coefficient (Wildman–Crippen LogP) is 4.86. The zero-order valence-electron chi connectivity index (χ0n) is 16.2. The summed E-state index contributed by atoms with van der Waals surface area (Å²) in [6.07, 6.45) is 2.37. The highest BCUT2D eigenvalue weighted by molar-refractivity contribution is 9.13. The number of hydrogen-bond donors (Lipinski definition) is 1. The van der Waals surface area contributed by atoms with Crippen LogP contribution < -0.4 is 19.9 Å². The lowest BCUT2D eigenvalue weighted by molar-refractivity contribution is -0.117. The van der Waals surface area contributed by atoms with Crippen LogP contribution in [0.25, 0.3) is 6.08 Å². The summed E-state index contributed by atoms with van der Waals surface area (Å²) < 4.78 is 12.7. The SMILES string of the molecule is CC[C@@H](C)Oc1c(OC)cc(/C=C2/C(=O)NN(c3ccccc3)C2=O)c(Br)c1Br. The third-order valence-electron chi connectivity index (χ3n) is 4.48. The highest BCUT2D eigenvalue weighted by Crippen LogP contribution is 2.44. The van der Waals surface area contributed by atoms with E-state index in [4.69, 9.17) is 9.47 Å². The molecule has 1 aliphatic heterocycles. The number of ether oxygens (including phenoxy) is 2. The van der Waals surface area contributed by atoms with Crippen molar-refractivity contribution in [1.82, 2.24) is 5.43 Å². The van der Waals surface area contributed by atoms with Crippen LogP contribution in [0.2, 0.25) is 0 Å². The molecule has 29 heavy (non-hydrogen) atoms. The number of methoxy groups -OCH3 is 1. The molecule has 1 N–H and O–H groups in total. The molecule has 0 bridgehead atoms. The fourth-order valence-electron chi connectivity index (χ4n) is 2.73. The number of carbonyl (C=O) groups is 2. The van der Waals surface area contributed by atoms with Gasteiger partial charge in [-0.2, -0.15) is 0 Å². The smallest absolute Gasteiger partial charge is 0.282 e. The maximum atomic E-state index is 12.8. The number of hydrogen-bond acceptors (Lipinski definition) is 4. The van der Waals surface area contributed by atoms with E-state index >= 15 is 0 Å². The number of benzene rings is 2. The minimum atomic E-state index is -0.472. The third kappa shape index (κ3) is 4.33. The number of nitrogens with one attached hydrogen (secondary N) is 1. The number of nitrogens with zero attached hydrogens (tertiary/aromatic N) is 1. The van der Waals surface area contributed by atoms with Crippen LogP contribution >= 0.6 is 31.9 Å². The van der Waals surface area contributed by atoms with E-state index in [1.807, 2.05) is 19.9 Å². The van der Waals surface area contributed by atoms with Crippen LogP contribution in [0.1, 0.15) is 25.8 Å². The molecule has 6 nitrogen and oxygen atoms in total. The molecule has 0 spiro atoms. The Hall–Kier alpha value is -2.32. The van der Waals surface area contributed by atoms with Crippen molar-refractivity contribution in [3.05, 3.63) is 56.5 Å². The van der Waals surface area contributed by atoms with E-state index in [1.165, 1.54) is 11.1 Å². The van der Waals surface area contributed by atoms with Crippen molar-refractivity contribution < 1.29 is 19.1 Å². The molecule has 1 fully saturated rings. The van der Waals surface area contributed by atoms with Gasteiger partial charge in [0.1, 0.15) is 5.57 Å². The predicted molar refractivity (Wildman–Crippen MR) is 119 cm³/mol. The number of rotatable bonds is 6. The van der Waals surface area contributed by atoms with Gasteiger partial charge in [-0.3, -0.25) is 15.0 Å². The van der Waals surface area contributed by atoms with Crippen molar-refractivity contribution in [2.45, 2.75) is 26.4 Å². The van der Waals surface area contributed by atoms with Gasteiger partial charge in [0.25, 0.3) is 11.8 Å². The van der Waals surface area contributed by atoms with E-state index in [0.717, 1.165) is 6.42 Å². The van der Waals surface area contributed by atoms with Crippen molar-refractivity contribution in [2.75, 3.05) is 12.1 Å². The second kappa shape index (κ2) is 9.00. The molecule has 1 heterocycles. The fourth-order valence-corrected chi connectivity index (χ4v) is 3.65. The second-order valence-corrected chi connectivity index (χ2v) is 8.02. The number of halogens is 2. The van der Waals surface area contributed by atoms with Crippen molar-refractivity contribution in [3.8, 4) is 11.5 Å².